The van der Waals surface area contributed by atoms with E-state index in [4.69, 9.17) is 5.73 Å². The van der Waals surface area contributed by atoms with Gasteiger partial charge in [-0.25, -0.2) is 0 Å². The normalized spacial score (nSPS) is 16.3. The first-order chi connectivity index (χ1) is 11.0. The van der Waals surface area contributed by atoms with Crippen molar-refractivity contribution in [3.8, 4) is 0 Å². The van der Waals surface area contributed by atoms with E-state index in [0.29, 0.717) is 23.4 Å². The first-order valence-corrected chi connectivity index (χ1v) is 7.50. The molecule has 0 amide bonds. The van der Waals surface area contributed by atoms with Crippen molar-refractivity contribution in [2.75, 3.05) is 29.5 Å². The van der Waals surface area contributed by atoms with Crippen LogP contribution in [0, 0.1) is 5.92 Å². The number of H-pyrrole nitrogens is 1. The molecule has 23 heavy (non-hydrogen) atoms. The van der Waals surface area contributed by atoms with Gasteiger partial charge in [-0.2, -0.15) is 4.98 Å². The standard InChI is InChI=1S/C16H19N5O2/c1-9(22)11-2-4-12(5-3-11)18-7-10-6-13-14(19-8-10)20-16(17)21-15(13)23/h2-5,10,18H,6-8H2,1H3,(H4,17,19,20,21,23). The fourth-order valence-corrected chi connectivity index (χ4v) is 2.68. The summed E-state index contributed by atoms with van der Waals surface area (Å²) < 4.78 is 0. The van der Waals surface area contributed by atoms with Crippen molar-refractivity contribution < 1.29 is 4.79 Å². The number of nitrogens with one attached hydrogen (secondary N) is 3. The van der Waals surface area contributed by atoms with Crippen LogP contribution in [0.25, 0.3) is 0 Å². The number of hydrogen-bond acceptors (Lipinski definition) is 6. The maximum atomic E-state index is 11.9. The third-order valence-corrected chi connectivity index (χ3v) is 3.97. The average molecular weight is 313 g/mol. The fourth-order valence-electron chi connectivity index (χ4n) is 2.68. The number of hydrogen-bond donors (Lipinski definition) is 4. The molecule has 7 heteroatoms. The molecule has 1 unspecified atom stereocenters. The lowest BCUT2D eigenvalue weighted by molar-refractivity contribution is 0.101. The summed E-state index contributed by atoms with van der Waals surface area (Å²) >= 11 is 0. The molecule has 120 valence electrons. The van der Waals surface area contributed by atoms with Crippen molar-refractivity contribution in [1.29, 1.82) is 0 Å². The van der Waals surface area contributed by atoms with Crippen LogP contribution in [0.15, 0.2) is 29.1 Å². The maximum Gasteiger partial charge on any atom is 0.257 e. The number of nitrogens with zero attached hydrogens (tertiary/aromatic N) is 1. The van der Waals surface area contributed by atoms with Crippen molar-refractivity contribution in [3.05, 3.63) is 45.7 Å². The predicted molar refractivity (Wildman–Crippen MR) is 89.9 cm³/mol. The van der Waals surface area contributed by atoms with Crippen molar-refractivity contribution in [1.82, 2.24) is 9.97 Å². The van der Waals surface area contributed by atoms with Crippen LogP contribution in [-0.4, -0.2) is 28.8 Å². The highest BCUT2D eigenvalue weighted by molar-refractivity contribution is 5.94. The second kappa shape index (κ2) is 6.12. The molecule has 3 rings (SSSR count). The van der Waals surface area contributed by atoms with Gasteiger partial charge in [0.2, 0.25) is 5.95 Å². The Morgan fingerprint density at radius 1 is 1.39 bits per heavy atom. The molecule has 2 aromatic rings. The third-order valence-electron chi connectivity index (χ3n) is 3.97. The Morgan fingerprint density at radius 2 is 2.13 bits per heavy atom. The summed E-state index contributed by atoms with van der Waals surface area (Å²) in [4.78, 5) is 29.8. The Hall–Kier alpha value is -2.83. The number of nitrogens with two attached hydrogens (primary N) is 1. The number of Topliss-reactive ketones (excluding diaryl/α,β-unsaturated/α-hetero) is 1. The monoisotopic (exact) mass is 313 g/mol. The number of aromatic amines is 1. The first-order valence-electron chi connectivity index (χ1n) is 7.50. The van der Waals surface area contributed by atoms with Gasteiger partial charge in [0.15, 0.2) is 5.78 Å². The molecule has 0 saturated carbocycles. The number of benzene rings is 1. The average Bonchev–Trinajstić information content (AvgIpc) is 2.53. The number of carbonyl (C=O) groups is 1. The summed E-state index contributed by atoms with van der Waals surface area (Å²) in [5, 5.41) is 6.49. The highest BCUT2D eigenvalue weighted by atomic mass is 16.1. The lowest BCUT2D eigenvalue weighted by atomic mass is 9.96. The summed E-state index contributed by atoms with van der Waals surface area (Å²) in [5.41, 5.74) is 7.64. The minimum atomic E-state index is -0.185. The van der Waals surface area contributed by atoms with Gasteiger partial charge in [-0.3, -0.25) is 14.6 Å². The maximum absolute atomic E-state index is 11.9. The van der Waals surface area contributed by atoms with Crippen LogP contribution >= 0.6 is 0 Å². The van der Waals surface area contributed by atoms with E-state index in [1.54, 1.807) is 19.1 Å². The van der Waals surface area contributed by atoms with Gasteiger partial charge in [0, 0.05) is 24.3 Å². The Labute approximate surface area is 133 Å². The highest BCUT2D eigenvalue weighted by Crippen LogP contribution is 2.20. The van der Waals surface area contributed by atoms with Gasteiger partial charge < -0.3 is 16.4 Å². The molecule has 1 aliphatic rings. The second-order valence-corrected chi connectivity index (χ2v) is 5.74. The Balaban J connectivity index is 1.64. The van der Waals surface area contributed by atoms with Gasteiger partial charge in [0.1, 0.15) is 5.82 Å². The van der Waals surface area contributed by atoms with E-state index in [-0.39, 0.29) is 23.2 Å². The van der Waals surface area contributed by atoms with E-state index in [1.165, 1.54) is 0 Å². The van der Waals surface area contributed by atoms with Crippen LogP contribution in [0.4, 0.5) is 17.5 Å². The molecule has 1 aliphatic heterocycles. The Bertz CT molecular complexity index is 782. The molecule has 1 aromatic carbocycles. The minimum Gasteiger partial charge on any atom is -0.385 e. The number of anilines is 3. The number of rotatable bonds is 4. The van der Waals surface area contributed by atoms with Crippen LogP contribution in [0.5, 0.6) is 0 Å². The zero-order chi connectivity index (χ0) is 16.4. The van der Waals surface area contributed by atoms with E-state index >= 15 is 0 Å². The number of aromatic nitrogens is 2. The van der Waals surface area contributed by atoms with E-state index in [9.17, 15) is 9.59 Å². The van der Waals surface area contributed by atoms with Gasteiger partial charge in [0.05, 0.1) is 5.56 Å². The largest absolute Gasteiger partial charge is 0.385 e. The summed E-state index contributed by atoms with van der Waals surface area (Å²) in [6.45, 7) is 2.99. The first kappa shape index (κ1) is 15.1. The van der Waals surface area contributed by atoms with Gasteiger partial charge >= 0.3 is 0 Å². The van der Waals surface area contributed by atoms with Crippen molar-refractivity contribution >= 4 is 23.2 Å². The van der Waals surface area contributed by atoms with Gasteiger partial charge in [-0.15, -0.1) is 0 Å². The summed E-state index contributed by atoms with van der Waals surface area (Å²) in [7, 11) is 0. The van der Waals surface area contributed by atoms with E-state index in [0.717, 1.165) is 18.8 Å². The lowest BCUT2D eigenvalue weighted by Gasteiger charge is -2.25. The molecule has 0 aliphatic carbocycles. The van der Waals surface area contributed by atoms with E-state index < -0.39 is 0 Å². The van der Waals surface area contributed by atoms with Crippen LogP contribution in [0.2, 0.25) is 0 Å². The third kappa shape index (κ3) is 3.33. The molecule has 7 nitrogen and oxygen atoms in total. The van der Waals surface area contributed by atoms with Gasteiger partial charge in [-0.1, -0.05) is 0 Å². The minimum absolute atomic E-state index is 0.0515. The van der Waals surface area contributed by atoms with Crippen molar-refractivity contribution in [2.45, 2.75) is 13.3 Å². The van der Waals surface area contributed by atoms with Crippen LogP contribution in [-0.2, 0) is 6.42 Å². The van der Waals surface area contributed by atoms with E-state index in [2.05, 4.69) is 20.6 Å². The summed E-state index contributed by atoms with van der Waals surface area (Å²) in [6, 6.07) is 7.37. The molecule has 0 radical (unpaired) electrons. The fraction of sp³-hybridized carbons (Fsp3) is 0.312. The van der Waals surface area contributed by atoms with Crippen LogP contribution < -0.4 is 21.9 Å². The zero-order valence-electron chi connectivity index (χ0n) is 12.8. The SMILES string of the molecule is CC(=O)c1ccc(NCC2CNc3nc(N)[nH]c(=O)c3C2)cc1. The smallest absolute Gasteiger partial charge is 0.257 e. The van der Waals surface area contributed by atoms with Gasteiger partial charge in [0.25, 0.3) is 5.56 Å². The number of ketones is 1. The molecule has 0 fully saturated rings. The Morgan fingerprint density at radius 3 is 2.83 bits per heavy atom. The van der Waals surface area contributed by atoms with Crippen molar-refractivity contribution in [2.24, 2.45) is 5.92 Å². The molecule has 0 bridgehead atoms. The molecule has 0 spiro atoms. The lowest BCUT2D eigenvalue weighted by Crippen LogP contribution is -2.34. The number of carbonyl (C=O) groups excluding carboxylic acids is 1. The summed E-state index contributed by atoms with van der Waals surface area (Å²) in [5.74, 6) is 1.02. The molecule has 0 saturated heterocycles. The number of fused-ring (bicyclic) bond motifs is 1. The highest BCUT2D eigenvalue weighted by Gasteiger charge is 2.22. The topological polar surface area (TPSA) is 113 Å². The second-order valence-electron chi connectivity index (χ2n) is 5.74. The molecule has 1 atom stereocenters. The quantitative estimate of drug-likeness (QED) is 0.632. The molecule has 1 aromatic heterocycles. The van der Waals surface area contributed by atoms with Crippen LogP contribution in [0.3, 0.4) is 0 Å². The van der Waals surface area contributed by atoms with E-state index in [1.807, 2.05) is 12.1 Å². The number of nitrogen functional groups attached to an aromatic ring is 1. The van der Waals surface area contributed by atoms with Crippen molar-refractivity contribution in [3.63, 3.8) is 0 Å². The summed E-state index contributed by atoms with van der Waals surface area (Å²) in [6.07, 6.45) is 0.642. The van der Waals surface area contributed by atoms with Gasteiger partial charge in [-0.05, 0) is 43.5 Å². The Kier molecular flexibility index (Phi) is 4.01. The zero-order valence-corrected chi connectivity index (χ0v) is 12.8. The molecule has 2 heterocycles. The molecule has 5 N–H and O–H groups in total. The molecular weight excluding hydrogens is 294 g/mol. The van der Waals surface area contributed by atoms with Crippen LogP contribution in [0.1, 0.15) is 22.8 Å². The predicted octanol–water partition coefficient (Wildman–Crippen LogP) is 1.25. The molecular formula is C16H19N5O2.